The average molecular weight is 428 g/mol. The number of piperidine rings is 1. The molecule has 0 spiro atoms. The van der Waals surface area contributed by atoms with Gasteiger partial charge in [0.25, 0.3) is 11.8 Å². The van der Waals surface area contributed by atoms with Gasteiger partial charge >= 0.3 is 0 Å². The number of amides is 2. The Labute approximate surface area is 185 Å². The van der Waals surface area contributed by atoms with Crippen LogP contribution in [0, 0.1) is 6.92 Å². The Morgan fingerprint density at radius 3 is 2.53 bits per heavy atom. The Kier molecular flexibility index (Phi) is 5.23. The number of furan rings is 1. The summed E-state index contributed by atoms with van der Waals surface area (Å²) in [4.78, 5) is 31.7. The maximum absolute atomic E-state index is 12.9. The van der Waals surface area contributed by atoms with Crippen LogP contribution in [0.1, 0.15) is 39.6 Å². The van der Waals surface area contributed by atoms with Crippen molar-refractivity contribution in [3.8, 4) is 5.69 Å². The van der Waals surface area contributed by atoms with Crippen molar-refractivity contribution in [2.45, 2.75) is 25.8 Å². The molecular weight excluding hydrogens is 404 g/mol. The lowest BCUT2D eigenvalue weighted by Gasteiger charge is -2.31. The van der Waals surface area contributed by atoms with Crippen molar-refractivity contribution in [1.82, 2.24) is 19.8 Å². The van der Waals surface area contributed by atoms with E-state index < -0.39 is 0 Å². The summed E-state index contributed by atoms with van der Waals surface area (Å²) in [7, 11) is 0. The molecule has 0 radical (unpaired) electrons. The van der Waals surface area contributed by atoms with Gasteiger partial charge in [-0.05, 0) is 62.2 Å². The number of hydrogen-bond acceptors (Lipinski definition) is 4. The lowest BCUT2D eigenvalue weighted by molar-refractivity contribution is 0.0667. The molecule has 0 unspecified atom stereocenters. The minimum Gasteiger partial charge on any atom is -0.459 e. The highest BCUT2D eigenvalue weighted by molar-refractivity contribution is 5.98. The molecule has 2 aromatic heterocycles. The first-order valence-electron chi connectivity index (χ1n) is 10.8. The summed E-state index contributed by atoms with van der Waals surface area (Å²) in [6.45, 7) is 3.14. The molecule has 2 aromatic carbocycles. The van der Waals surface area contributed by atoms with Gasteiger partial charge in [-0.25, -0.2) is 4.98 Å². The summed E-state index contributed by atoms with van der Waals surface area (Å²) in [5.74, 6) is 1.01. The van der Waals surface area contributed by atoms with Crippen LogP contribution < -0.4 is 5.32 Å². The summed E-state index contributed by atoms with van der Waals surface area (Å²) in [6, 6.07) is 19.1. The van der Waals surface area contributed by atoms with Gasteiger partial charge in [-0.15, -0.1) is 0 Å². The molecule has 1 saturated heterocycles. The number of likely N-dealkylation sites (tertiary alicyclic amines) is 1. The Bertz CT molecular complexity index is 1250. The first-order valence-corrected chi connectivity index (χ1v) is 10.8. The molecule has 1 fully saturated rings. The van der Waals surface area contributed by atoms with E-state index in [1.54, 1.807) is 17.0 Å². The lowest BCUT2D eigenvalue weighted by atomic mass is 10.0. The summed E-state index contributed by atoms with van der Waals surface area (Å²) in [6.07, 6.45) is 2.92. The molecule has 32 heavy (non-hydrogen) atoms. The van der Waals surface area contributed by atoms with Crippen molar-refractivity contribution >= 4 is 22.8 Å². The smallest absolute Gasteiger partial charge is 0.289 e. The molecule has 3 heterocycles. The van der Waals surface area contributed by atoms with Crippen LogP contribution in [-0.2, 0) is 0 Å². The maximum atomic E-state index is 12.9. The van der Waals surface area contributed by atoms with Crippen LogP contribution in [0.4, 0.5) is 0 Å². The van der Waals surface area contributed by atoms with Crippen LogP contribution >= 0.6 is 0 Å². The number of hydrogen-bond donors (Lipinski definition) is 1. The number of imidazole rings is 1. The molecule has 1 aliphatic rings. The standard InChI is InChI=1S/C25H24N4O3/c1-17-26-21-16-18(9-10-22(21)29(17)20-6-3-2-4-7-20)24(30)27-19-11-13-28(14-12-19)25(31)23-8-5-15-32-23/h2-10,15-16,19H,11-14H2,1H3,(H,27,30). The van der Waals surface area contributed by atoms with Crippen molar-refractivity contribution in [3.63, 3.8) is 0 Å². The highest BCUT2D eigenvalue weighted by Crippen LogP contribution is 2.23. The number of nitrogens with zero attached hydrogens (tertiary/aromatic N) is 3. The second-order valence-corrected chi connectivity index (χ2v) is 8.05. The van der Waals surface area contributed by atoms with Crippen LogP contribution in [0.2, 0.25) is 0 Å². The fourth-order valence-electron chi connectivity index (χ4n) is 4.30. The molecule has 0 bridgehead atoms. The predicted molar refractivity (Wildman–Crippen MR) is 121 cm³/mol. The zero-order valence-electron chi connectivity index (χ0n) is 17.8. The average Bonchev–Trinajstić information content (AvgIpc) is 3.46. The summed E-state index contributed by atoms with van der Waals surface area (Å²) in [5, 5.41) is 3.11. The van der Waals surface area contributed by atoms with Gasteiger partial charge in [-0.3, -0.25) is 14.2 Å². The number of nitrogens with one attached hydrogen (secondary N) is 1. The predicted octanol–water partition coefficient (Wildman–Crippen LogP) is 3.96. The molecule has 162 valence electrons. The van der Waals surface area contributed by atoms with Crippen molar-refractivity contribution in [1.29, 1.82) is 0 Å². The SMILES string of the molecule is Cc1nc2cc(C(=O)NC3CCN(C(=O)c4ccco4)CC3)ccc2n1-c1ccccc1. The van der Waals surface area contributed by atoms with Gasteiger partial charge in [0.15, 0.2) is 5.76 Å². The van der Waals surface area contributed by atoms with E-state index in [9.17, 15) is 9.59 Å². The first-order chi connectivity index (χ1) is 15.6. The Balaban J connectivity index is 1.26. The van der Waals surface area contributed by atoms with Crippen molar-refractivity contribution in [2.24, 2.45) is 0 Å². The number of fused-ring (bicyclic) bond motifs is 1. The summed E-state index contributed by atoms with van der Waals surface area (Å²) in [5.41, 5.74) is 3.39. The second-order valence-electron chi connectivity index (χ2n) is 8.05. The molecule has 1 aliphatic heterocycles. The van der Waals surface area contributed by atoms with Gasteiger partial charge in [0, 0.05) is 30.4 Å². The van der Waals surface area contributed by atoms with Crippen LogP contribution in [0.3, 0.4) is 0 Å². The molecule has 0 saturated carbocycles. The minimum atomic E-state index is -0.116. The number of carbonyl (C=O) groups is 2. The maximum Gasteiger partial charge on any atom is 0.289 e. The lowest BCUT2D eigenvalue weighted by Crippen LogP contribution is -2.46. The third-order valence-electron chi connectivity index (χ3n) is 5.95. The Morgan fingerprint density at radius 2 is 1.81 bits per heavy atom. The highest BCUT2D eigenvalue weighted by atomic mass is 16.3. The summed E-state index contributed by atoms with van der Waals surface area (Å²) < 4.78 is 7.29. The number of aromatic nitrogens is 2. The molecule has 2 amide bonds. The molecule has 1 N–H and O–H groups in total. The zero-order valence-corrected chi connectivity index (χ0v) is 17.8. The van der Waals surface area contributed by atoms with E-state index in [0.717, 1.165) is 22.5 Å². The molecule has 0 atom stereocenters. The van der Waals surface area contributed by atoms with Crippen molar-refractivity contribution in [2.75, 3.05) is 13.1 Å². The van der Waals surface area contributed by atoms with E-state index in [0.29, 0.717) is 37.3 Å². The fourth-order valence-corrected chi connectivity index (χ4v) is 4.30. The molecule has 5 rings (SSSR count). The minimum absolute atomic E-state index is 0.0301. The second kappa shape index (κ2) is 8.34. The van der Waals surface area contributed by atoms with Gasteiger partial charge in [0.2, 0.25) is 0 Å². The monoisotopic (exact) mass is 428 g/mol. The largest absolute Gasteiger partial charge is 0.459 e. The van der Waals surface area contributed by atoms with Gasteiger partial charge in [-0.1, -0.05) is 18.2 Å². The third-order valence-corrected chi connectivity index (χ3v) is 5.95. The van der Waals surface area contributed by atoms with Crippen LogP contribution in [0.5, 0.6) is 0 Å². The topological polar surface area (TPSA) is 80.4 Å². The van der Waals surface area contributed by atoms with Gasteiger partial charge in [0.1, 0.15) is 5.82 Å². The third kappa shape index (κ3) is 3.77. The van der Waals surface area contributed by atoms with E-state index in [4.69, 9.17) is 4.42 Å². The number of carbonyl (C=O) groups excluding carboxylic acids is 2. The van der Waals surface area contributed by atoms with E-state index in [-0.39, 0.29) is 17.9 Å². The van der Waals surface area contributed by atoms with E-state index >= 15 is 0 Å². The van der Waals surface area contributed by atoms with Crippen LogP contribution in [0.25, 0.3) is 16.7 Å². The van der Waals surface area contributed by atoms with E-state index in [1.165, 1.54) is 6.26 Å². The van der Waals surface area contributed by atoms with Gasteiger partial charge in [-0.2, -0.15) is 0 Å². The van der Waals surface area contributed by atoms with Crippen molar-refractivity contribution < 1.29 is 14.0 Å². The first kappa shape index (κ1) is 20.1. The number of rotatable bonds is 4. The molecule has 4 aromatic rings. The highest BCUT2D eigenvalue weighted by Gasteiger charge is 2.26. The molecular formula is C25H24N4O3. The van der Waals surface area contributed by atoms with E-state index in [2.05, 4.69) is 14.9 Å². The zero-order chi connectivity index (χ0) is 22.1. The van der Waals surface area contributed by atoms with Crippen LogP contribution in [0.15, 0.2) is 71.3 Å². The fraction of sp³-hybridized carbons (Fsp3) is 0.240. The Hall–Kier alpha value is -3.87. The van der Waals surface area contributed by atoms with Gasteiger partial charge < -0.3 is 14.6 Å². The number of benzene rings is 2. The van der Waals surface area contributed by atoms with Crippen LogP contribution in [-0.4, -0.2) is 45.4 Å². The Morgan fingerprint density at radius 1 is 1.03 bits per heavy atom. The summed E-state index contributed by atoms with van der Waals surface area (Å²) >= 11 is 0. The molecule has 7 heteroatoms. The molecule has 0 aliphatic carbocycles. The van der Waals surface area contributed by atoms with Crippen molar-refractivity contribution in [3.05, 3.63) is 84.1 Å². The number of para-hydroxylation sites is 1. The number of aryl methyl sites for hydroxylation is 1. The quantitative estimate of drug-likeness (QED) is 0.534. The van der Waals surface area contributed by atoms with E-state index in [1.807, 2.05) is 55.5 Å². The van der Waals surface area contributed by atoms with Gasteiger partial charge in [0.05, 0.1) is 17.3 Å². The molecule has 7 nitrogen and oxygen atoms in total. The normalized spacial score (nSPS) is 14.6.